The molecule has 1 aromatic heterocycles. The molecular weight excluding hydrogens is 412 g/mol. The third-order valence-electron chi connectivity index (χ3n) is 4.94. The van der Waals surface area contributed by atoms with Crippen molar-refractivity contribution in [2.24, 2.45) is 0 Å². The molecule has 0 N–H and O–H groups in total. The van der Waals surface area contributed by atoms with Crippen LogP contribution in [0, 0.1) is 0 Å². The highest BCUT2D eigenvalue weighted by Crippen LogP contribution is 2.22. The lowest BCUT2D eigenvalue weighted by atomic mass is 10.1. The molecule has 3 aromatic rings. The van der Waals surface area contributed by atoms with E-state index in [1.807, 2.05) is 6.07 Å². The number of thioether (sulfide) groups is 1. The molecule has 0 saturated carbocycles. The highest BCUT2D eigenvalue weighted by atomic mass is 32.2. The standard InChI is InChI=1S/C24H26N2O4S/c1-3-4-5-8-19(27)16-31-24-25-21-10-7-6-9-20(21)23(29)26(24)18-13-11-17(12-14-18)15-22(28)30-2/h6-7,9-14H,3-5,8,15-16H2,1-2H3. The molecular formula is C24H26N2O4S. The van der Waals surface area contributed by atoms with E-state index in [2.05, 4.69) is 11.9 Å². The van der Waals surface area contributed by atoms with E-state index in [1.54, 1.807) is 42.5 Å². The number of fused-ring (bicyclic) bond motifs is 1. The highest BCUT2D eigenvalue weighted by Gasteiger charge is 2.15. The Morgan fingerprint density at radius 1 is 1.06 bits per heavy atom. The summed E-state index contributed by atoms with van der Waals surface area (Å²) in [5.74, 6) is 0.102. The molecule has 3 rings (SSSR count). The average molecular weight is 439 g/mol. The van der Waals surface area contributed by atoms with Crippen LogP contribution in [-0.2, 0) is 20.7 Å². The SMILES string of the molecule is CCCCCC(=O)CSc1nc2ccccc2c(=O)n1-c1ccc(CC(=O)OC)cc1. The van der Waals surface area contributed by atoms with Crippen molar-refractivity contribution in [3.05, 3.63) is 64.4 Å². The minimum absolute atomic E-state index is 0.154. The van der Waals surface area contributed by atoms with Gasteiger partial charge in [-0.1, -0.05) is 55.8 Å². The average Bonchev–Trinajstić information content (AvgIpc) is 2.78. The summed E-state index contributed by atoms with van der Waals surface area (Å²) in [6, 6.07) is 14.3. The van der Waals surface area contributed by atoms with E-state index in [0.717, 1.165) is 24.8 Å². The predicted molar refractivity (Wildman–Crippen MR) is 123 cm³/mol. The molecule has 0 fully saturated rings. The summed E-state index contributed by atoms with van der Waals surface area (Å²) in [5, 5.41) is 0.994. The van der Waals surface area contributed by atoms with Crippen molar-refractivity contribution in [3.63, 3.8) is 0 Å². The van der Waals surface area contributed by atoms with Gasteiger partial charge < -0.3 is 4.74 Å². The Labute approximate surface area is 185 Å². The van der Waals surface area contributed by atoms with E-state index < -0.39 is 0 Å². The minimum Gasteiger partial charge on any atom is -0.469 e. The van der Waals surface area contributed by atoms with E-state index in [4.69, 9.17) is 4.74 Å². The maximum absolute atomic E-state index is 13.3. The second kappa shape index (κ2) is 10.9. The number of carbonyl (C=O) groups is 2. The van der Waals surface area contributed by atoms with Crippen molar-refractivity contribution >= 4 is 34.4 Å². The molecule has 0 aliphatic rings. The summed E-state index contributed by atoms with van der Waals surface area (Å²) < 4.78 is 6.24. The molecule has 0 bridgehead atoms. The van der Waals surface area contributed by atoms with Crippen LogP contribution in [0.25, 0.3) is 16.6 Å². The highest BCUT2D eigenvalue weighted by molar-refractivity contribution is 7.99. The summed E-state index contributed by atoms with van der Waals surface area (Å²) in [4.78, 5) is 41.7. The Bertz CT molecular complexity index is 1120. The van der Waals surface area contributed by atoms with E-state index in [-0.39, 0.29) is 29.5 Å². The maximum atomic E-state index is 13.3. The number of rotatable bonds is 10. The van der Waals surface area contributed by atoms with Gasteiger partial charge in [-0.05, 0) is 36.2 Å². The van der Waals surface area contributed by atoms with Crippen molar-refractivity contribution in [1.82, 2.24) is 9.55 Å². The molecule has 0 aliphatic heterocycles. The molecule has 0 radical (unpaired) electrons. The van der Waals surface area contributed by atoms with E-state index in [0.29, 0.717) is 28.2 Å². The summed E-state index contributed by atoms with van der Waals surface area (Å²) in [6.45, 7) is 2.10. The Balaban J connectivity index is 1.94. The summed E-state index contributed by atoms with van der Waals surface area (Å²) in [7, 11) is 1.35. The van der Waals surface area contributed by atoms with Crippen LogP contribution >= 0.6 is 11.8 Å². The number of unbranched alkanes of at least 4 members (excludes halogenated alkanes) is 2. The fourth-order valence-electron chi connectivity index (χ4n) is 3.23. The zero-order valence-corrected chi connectivity index (χ0v) is 18.6. The lowest BCUT2D eigenvalue weighted by Crippen LogP contribution is -2.22. The second-order valence-electron chi connectivity index (χ2n) is 7.26. The van der Waals surface area contributed by atoms with Gasteiger partial charge in [0.05, 0.1) is 35.9 Å². The first kappa shape index (κ1) is 22.7. The lowest BCUT2D eigenvalue weighted by Gasteiger charge is -2.13. The van der Waals surface area contributed by atoms with Crippen LogP contribution < -0.4 is 5.56 Å². The first-order valence-corrected chi connectivity index (χ1v) is 11.3. The van der Waals surface area contributed by atoms with Gasteiger partial charge in [0.2, 0.25) is 0 Å². The Morgan fingerprint density at radius 3 is 2.52 bits per heavy atom. The number of Topliss-reactive ketones (excluding diaryl/α,β-unsaturated/α-hetero) is 1. The van der Waals surface area contributed by atoms with Gasteiger partial charge in [0.15, 0.2) is 5.16 Å². The normalized spacial score (nSPS) is 10.9. The first-order valence-electron chi connectivity index (χ1n) is 10.4. The van der Waals surface area contributed by atoms with Crippen LogP contribution in [0.1, 0.15) is 38.2 Å². The predicted octanol–water partition coefficient (Wildman–Crippen LogP) is 4.34. The Kier molecular flexibility index (Phi) is 8.00. The molecule has 2 aromatic carbocycles. The molecule has 0 amide bonds. The van der Waals surface area contributed by atoms with Gasteiger partial charge >= 0.3 is 5.97 Å². The van der Waals surface area contributed by atoms with Gasteiger partial charge in [-0.15, -0.1) is 0 Å². The molecule has 6 nitrogen and oxygen atoms in total. The maximum Gasteiger partial charge on any atom is 0.309 e. The Morgan fingerprint density at radius 2 is 1.81 bits per heavy atom. The van der Waals surface area contributed by atoms with Gasteiger partial charge in [-0.3, -0.25) is 19.0 Å². The van der Waals surface area contributed by atoms with Crippen LogP contribution in [0.2, 0.25) is 0 Å². The molecule has 0 aliphatic carbocycles. The quantitative estimate of drug-likeness (QED) is 0.203. The Hall–Kier alpha value is -2.93. The van der Waals surface area contributed by atoms with E-state index in [1.165, 1.54) is 23.4 Å². The third kappa shape index (κ3) is 5.82. The number of hydrogen-bond donors (Lipinski definition) is 0. The second-order valence-corrected chi connectivity index (χ2v) is 8.20. The van der Waals surface area contributed by atoms with Crippen molar-refractivity contribution < 1.29 is 14.3 Å². The molecule has 0 atom stereocenters. The number of esters is 1. The monoisotopic (exact) mass is 438 g/mol. The third-order valence-corrected chi connectivity index (χ3v) is 5.94. The van der Waals surface area contributed by atoms with Crippen LogP contribution in [0.4, 0.5) is 0 Å². The molecule has 162 valence electrons. The topological polar surface area (TPSA) is 78.3 Å². The first-order chi connectivity index (χ1) is 15.0. The molecule has 7 heteroatoms. The van der Waals surface area contributed by atoms with E-state index in [9.17, 15) is 14.4 Å². The van der Waals surface area contributed by atoms with Crippen LogP contribution in [0.5, 0.6) is 0 Å². The summed E-state index contributed by atoms with van der Waals surface area (Å²) in [5.41, 5.74) is 1.84. The summed E-state index contributed by atoms with van der Waals surface area (Å²) in [6.07, 6.45) is 3.69. The fourth-order valence-corrected chi connectivity index (χ4v) is 4.14. The molecule has 31 heavy (non-hydrogen) atoms. The number of benzene rings is 2. The van der Waals surface area contributed by atoms with Crippen molar-refractivity contribution in [1.29, 1.82) is 0 Å². The van der Waals surface area contributed by atoms with Crippen LogP contribution in [0.15, 0.2) is 58.5 Å². The van der Waals surface area contributed by atoms with E-state index >= 15 is 0 Å². The summed E-state index contributed by atoms with van der Waals surface area (Å²) >= 11 is 1.28. The zero-order valence-electron chi connectivity index (χ0n) is 17.8. The number of ether oxygens (including phenoxy) is 1. The lowest BCUT2D eigenvalue weighted by molar-refractivity contribution is -0.139. The molecule has 0 saturated heterocycles. The molecule has 0 spiro atoms. The molecule has 0 unspecified atom stereocenters. The number of hydrogen-bond acceptors (Lipinski definition) is 6. The van der Waals surface area contributed by atoms with Crippen molar-refractivity contribution in [3.8, 4) is 5.69 Å². The number of carbonyl (C=O) groups excluding carboxylic acids is 2. The number of aromatic nitrogens is 2. The smallest absolute Gasteiger partial charge is 0.309 e. The van der Waals surface area contributed by atoms with Crippen LogP contribution in [-0.4, -0.2) is 34.2 Å². The van der Waals surface area contributed by atoms with Gasteiger partial charge in [-0.25, -0.2) is 4.98 Å². The van der Waals surface area contributed by atoms with Crippen LogP contribution in [0.3, 0.4) is 0 Å². The van der Waals surface area contributed by atoms with Crippen molar-refractivity contribution in [2.45, 2.75) is 44.2 Å². The number of methoxy groups -OCH3 is 1. The fraction of sp³-hybridized carbons (Fsp3) is 0.333. The largest absolute Gasteiger partial charge is 0.469 e. The minimum atomic E-state index is -0.324. The van der Waals surface area contributed by atoms with Crippen molar-refractivity contribution in [2.75, 3.05) is 12.9 Å². The van der Waals surface area contributed by atoms with Gasteiger partial charge in [0, 0.05) is 6.42 Å². The zero-order chi connectivity index (χ0) is 22.2. The van der Waals surface area contributed by atoms with Gasteiger partial charge in [-0.2, -0.15) is 0 Å². The molecule has 1 heterocycles. The number of ketones is 1. The number of para-hydroxylation sites is 1. The number of nitrogens with zero attached hydrogens (tertiary/aromatic N) is 2. The van der Waals surface area contributed by atoms with Gasteiger partial charge in [0.25, 0.3) is 5.56 Å². The van der Waals surface area contributed by atoms with Gasteiger partial charge in [0.1, 0.15) is 5.78 Å².